The Morgan fingerprint density at radius 2 is 1.55 bits per heavy atom. The molecule has 0 aromatic heterocycles. The van der Waals surface area contributed by atoms with E-state index in [4.69, 9.17) is 9.47 Å². The first-order valence-corrected chi connectivity index (χ1v) is 5.93. The molecule has 2 aromatic rings. The maximum absolute atomic E-state index is 12.4. The molecule has 0 fully saturated rings. The van der Waals surface area contributed by atoms with E-state index in [2.05, 4.69) is 0 Å². The Kier molecular flexibility index (Phi) is 2.87. The molecule has 100 valence electrons. The SMILES string of the molecule is O=C(O)c1cc2c(cc1C(=O)c1ccccc1)OCO2. The summed E-state index contributed by atoms with van der Waals surface area (Å²) in [4.78, 5) is 23.7. The van der Waals surface area contributed by atoms with Crippen molar-refractivity contribution in [2.75, 3.05) is 6.79 Å². The molecule has 1 aliphatic heterocycles. The van der Waals surface area contributed by atoms with E-state index >= 15 is 0 Å². The molecule has 0 radical (unpaired) electrons. The number of carbonyl (C=O) groups is 2. The van der Waals surface area contributed by atoms with Crippen LogP contribution in [0.5, 0.6) is 11.5 Å². The maximum Gasteiger partial charge on any atom is 0.336 e. The molecule has 0 aliphatic carbocycles. The fraction of sp³-hybridized carbons (Fsp3) is 0.0667. The third kappa shape index (κ3) is 1.99. The summed E-state index contributed by atoms with van der Waals surface area (Å²) in [6.07, 6.45) is 0. The molecule has 0 saturated heterocycles. The number of fused-ring (bicyclic) bond motifs is 1. The summed E-state index contributed by atoms with van der Waals surface area (Å²) >= 11 is 0. The van der Waals surface area contributed by atoms with Gasteiger partial charge in [-0.15, -0.1) is 0 Å². The van der Waals surface area contributed by atoms with E-state index in [1.807, 2.05) is 0 Å². The topological polar surface area (TPSA) is 72.8 Å². The zero-order valence-electron chi connectivity index (χ0n) is 10.3. The van der Waals surface area contributed by atoms with Gasteiger partial charge >= 0.3 is 5.97 Å². The first-order chi connectivity index (χ1) is 9.66. The van der Waals surface area contributed by atoms with Crippen molar-refractivity contribution in [2.45, 2.75) is 0 Å². The van der Waals surface area contributed by atoms with Gasteiger partial charge in [-0.3, -0.25) is 4.79 Å². The van der Waals surface area contributed by atoms with Gasteiger partial charge < -0.3 is 14.6 Å². The first-order valence-electron chi connectivity index (χ1n) is 5.93. The van der Waals surface area contributed by atoms with Gasteiger partial charge in [0.15, 0.2) is 17.3 Å². The first kappa shape index (κ1) is 12.2. The molecule has 1 N–H and O–H groups in total. The Labute approximate surface area is 114 Å². The van der Waals surface area contributed by atoms with E-state index < -0.39 is 5.97 Å². The van der Waals surface area contributed by atoms with Crippen LogP contribution < -0.4 is 9.47 Å². The molecule has 0 saturated carbocycles. The highest BCUT2D eigenvalue weighted by atomic mass is 16.7. The van der Waals surface area contributed by atoms with Crippen LogP contribution in [0.15, 0.2) is 42.5 Å². The molecule has 0 bridgehead atoms. The third-order valence-corrected chi connectivity index (χ3v) is 3.02. The van der Waals surface area contributed by atoms with E-state index in [9.17, 15) is 14.7 Å². The number of hydrogen-bond donors (Lipinski definition) is 1. The number of carboxylic acids is 1. The third-order valence-electron chi connectivity index (χ3n) is 3.02. The molecule has 0 atom stereocenters. The fourth-order valence-electron chi connectivity index (χ4n) is 2.05. The second-order valence-electron chi connectivity index (χ2n) is 4.25. The number of carbonyl (C=O) groups excluding carboxylic acids is 1. The van der Waals surface area contributed by atoms with Crippen LogP contribution in [-0.2, 0) is 0 Å². The Morgan fingerprint density at radius 1 is 0.950 bits per heavy atom. The quantitative estimate of drug-likeness (QED) is 0.867. The van der Waals surface area contributed by atoms with Gasteiger partial charge in [-0.1, -0.05) is 30.3 Å². The molecule has 5 heteroatoms. The number of ketones is 1. The predicted octanol–water partition coefficient (Wildman–Crippen LogP) is 2.34. The molecule has 0 unspecified atom stereocenters. The smallest absolute Gasteiger partial charge is 0.336 e. The van der Waals surface area contributed by atoms with Crippen LogP contribution in [-0.4, -0.2) is 23.7 Å². The van der Waals surface area contributed by atoms with Crippen molar-refractivity contribution in [1.29, 1.82) is 0 Å². The molecule has 3 rings (SSSR count). The van der Waals surface area contributed by atoms with Crippen LogP contribution in [0.2, 0.25) is 0 Å². The highest BCUT2D eigenvalue weighted by Crippen LogP contribution is 2.35. The second kappa shape index (κ2) is 4.70. The summed E-state index contributed by atoms with van der Waals surface area (Å²) in [5, 5.41) is 9.24. The van der Waals surface area contributed by atoms with E-state index in [1.165, 1.54) is 12.1 Å². The highest BCUT2D eigenvalue weighted by Gasteiger charge is 2.24. The molecule has 0 amide bonds. The Morgan fingerprint density at radius 3 is 2.15 bits per heavy atom. The van der Waals surface area contributed by atoms with Gasteiger partial charge in [-0.2, -0.15) is 0 Å². The minimum Gasteiger partial charge on any atom is -0.478 e. The zero-order valence-corrected chi connectivity index (χ0v) is 10.3. The predicted molar refractivity (Wildman–Crippen MR) is 69.4 cm³/mol. The van der Waals surface area contributed by atoms with E-state index in [1.54, 1.807) is 30.3 Å². The summed E-state index contributed by atoms with van der Waals surface area (Å²) in [5.41, 5.74) is 0.421. The van der Waals surface area contributed by atoms with Gasteiger partial charge in [0.25, 0.3) is 0 Å². The molecule has 2 aromatic carbocycles. The van der Waals surface area contributed by atoms with Crippen molar-refractivity contribution in [3.05, 3.63) is 59.2 Å². The number of aromatic carboxylic acids is 1. The maximum atomic E-state index is 12.4. The molecule has 1 heterocycles. The molecule has 0 spiro atoms. The molecule has 20 heavy (non-hydrogen) atoms. The van der Waals surface area contributed by atoms with Crippen molar-refractivity contribution >= 4 is 11.8 Å². The summed E-state index contributed by atoms with van der Waals surface area (Å²) in [6, 6.07) is 11.2. The van der Waals surface area contributed by atoms with Gasteiger partial charge in [-0.05, 0) is 12.1 Å². The van der Waals surface area contributed by atoms with Gasteiger partial charge in [0, 0.05) is 11.1 Å². The largest absolute Gasteiger partial charge is 0.478 e. The lowest BCUT2D eigenvalue weighted by Crippen LogP contribution is -2.09. The van der Waals surface area contributed by atoms with E-state index in [0.29, 0.717) is 17.1 Å². The zero-order chi connectivity index (χ0) is 14.1. The molecule has 1 aliphatic rings. The van der Waals surface area contributed by atoms with Gasteiger partial charge in [0.05, 0.1) is 5.56 Å². The number of ether oxygens (including phenoxy) is 2. The Hall–Kier alpha value is -2.82. The molecular weight excluding hydrogens is 260 g/mol. The lowest BCUT2D eigenvalue weighted by Gasteiger charge is -2.07. The minimum absolute atomic E-state index is 0.0252. The van der Waals surface area contributed by atoms with E-state index in [0.717, 1.165) is 0 Å². The van der Waals surface area contributed by atoms with Crippen molar-refractivity contribution in [3.8, 4) is 11.5 Å². The van der Waals surface area contributed by atoms with Crippen molar-refractivity contribution in [1.82, 2.24) is 0 Å². The second-order valence-corrected chi connectivity index (χ2v) is 4.25. The molecular formula is C15H10O5. The van der Waals surface area contributed by atoms with Crippen LogP contribution in [0.25, 0.3) is 0 Å². The monoisotopic (exact) mass is 270 g/mol. The number of rotatable bonds is 3. The number of hydrogen-bond acceptors (Lipinski definition) is 4. The average Bonchev–Trinajstić information content (AvgIpc) is 2.93. The Bertz CT molecular complexity index is 691. The van der Waals surface area contributed by atoms with Crippen molar-refractivity contribution in [2.24, 2.45) is 0 Å². The average molecular weight is 270 g/mol. The van der Waals surface area contributed by atoms with Crippen molar-refractivity contribution in [3.63, 3.8) is 0 Å². The lowest BCUT2D eigenvalue weighted by molar-refractivity contribution is 0.0692. The standard InChI is InChI=1S/C15H10O5/c16-14(9-4-2-1-3-5-9)10-6-12-13(20-8-19-12)7-11(10)15(17)18/h1-7H,8H2,(H,17,18). The van der Waals surface area contributed by atoms with Crippen LogP contribution >= 0.6 is 0 Å². The van der Waals surface area contributed by atoms with Crippen LogP contribution in [0, 0.1) is 0 Å². The highest BCUT2D eigenvalue weighted by molar-refractivity contribution is 6.14. The normalized spacial score (nSPS) is 12.2. The van der Waals surface area contributed by atoms with Crippen LogP contribution in [0.4, 0.5) is 0 Å². The molecule has 5 nitrogen and oxygen atoms in total. The minimum atomic E-state index is -1.18. The summed E-state index contributed by atoms with van der Waals surface area (Å²) < 4.78 is 10.3. The van der Waals surface area contributed by atoms with Crippen LogP contribution in [0.1, 0.15) is 26.3 Å². The number of benzene rings is 2. The van der Waals surface area contributed by atoms with Crippen molar-refractivity contribution < 1.29 is 24.2 Å². The summed E-state index contributed by atoms with van der Waals surface area (Å²) in [5.74, 6) is -0.815. The van der Waals surface area contributed by atoms with Crippen LogP contribution in [0.3, 0.4) is 0 Å². The lowest BCUT2D eigenvalue weighted by atomic mass is 9.97. The Balaban J connectivity index is 2.13. The fourth-order valence-corrected chi connectivity index (χ4v) is 2.05. The summed E-state index contributed by atoms with van der Waals surface area (Å²) in [7, 11) is 0. The number of carboxylic acid groups (broad SMARTS) is 1. The summed E-state index contributed by atoms with van der Waals surface area (Å²) in [6.45, 7) is 0.0252. The van der Waals surface area contributed by atoms with Gasteiger partial charge in [0.2, 0.25) is 6.79 Å². The van der Waals surface area contributed by atoms with Gasteiger partial charge in [-0.25, -0.2) is 4.79 Å². The van der Waals surface area contributed by atoms with E-state index in [-0.39, 0.29) is 23.7 Å². The van der Waals surface area contributed by atoms with Gasteiger partial charge in [0.1, 0.15) is 0 Å².